The first-order valence-corrected chi connectivity index (χ1v) is 33.1. The first kappa shape index (κ1) is 73.7. The number of carbonyl (C=O) groups is 5. The average molecular weight is 1430 g/mol. The van der Waals surface area contributed by atoms with E-state index in [1.165, 1.54) is 0 Å². The molecule has 550 valence electrons. The van der Waals surface area contributed by atoms with Crippen LogP contribution >= 0.6 is 0 Å². The number of carbonyl (C=O) groups excluding carboxylic acids is 5. The minimum absolute atomic E-state index is 0.134. The third-order valence-electron chi connectivity index (χ3n) is 18.6. The summed E-state index contributed by atoms with van der Waals surface area (Å²) in [5.41, 5.74) is -1.79. The summed E-state index contributed by atoms with van der Waals surface area (Å²) in [6.07, 6.45) is -24.6. The van der Waals surface area contributed by atoms with Crippen molar-refractivity contribution >= 4 is 29.8 Å². The number of halogens is 8. The van der Waals surface area contributed by atoms with Crippen LogP contribution in [-0.2, 0) is 85.5 Å². The average Bonchev–Trinajstić information content (AvgIpc) is 1.62. The quantitative estimate of drug-likeness (QED) is 0.0476. The highest BCUT2D eigenvalue weighted by Gasteiger charge is 2.63. The molecular weight excluding hydrogens is 1350 g/mol. The summed E-state index contributed by atoms with van der Waals surface area (Å²) >= 11 is 0. The molecule has 101 heavy (non-hydrogen) atoms. The van der Waals surface area contributed by atoms with Gasteiger partial charge in [0.05, 0.1) is 37.7 Å². The Morgan fingerprint density at radius 3 is 0.861 bits per heavy atom. The van der Waals surface area contributed by atoms with Crippen molar-refractivity contribution in [2.75, 3.05) is 7.11 Å². The molecule has 0 spiro atoms. The van der Waals surface area contributed by atoms with E-state index in [-0.39, 0.29) is 22.3 Å². The molecule has 0 saturated carbocycles. The number of alkyl carbamates (subject to hydrolysis) is 1. The minimum atomic E-state index is -1.61. The van der Waals surface area contributed by atoms with Crippen LogP contribution in [0.25, 0.3) is 0 Å². The SMILES string of the molecule is COC(=O)C[C@@H](NC(=O)C[C@H](NC(=O)C[C@@H](NC(=O)C[C@H](NC(=O)OC(C)(C)C)[C@H]1O[C@@H](c2ccc(F)cc2F)[C@H]2OC(C)(C)O[C@@H]12)[C@H]1O[C@@H](c2ccc(F)cc2F)[C@H]2OC(C)(C)O[C@@H]12)[C@H]1O[C@@H](c2ccc(F)cc2F)[C@H]2OC(C)(C)O[C@@H]12)[C@H]1O[C@@H](c2ccc(F)cc2F)[C@H]2OC(C)(C)O[C@@H]12. The van der Waals surface area contributed by atoms with E-state index >= 15 is 31.9 Å². The highest BCUT2D eigenvalue weighted by atomic mass is 19.2. The highest BCUT2D eigenvalue weighted by molar-refractivity contribution is 5.83. The summed E-state index contributed by atoms with van der Waals surface area (Å²) < 4.78 is 209. The van der Waals surface area contributed by atoms with E-state index in [9.17, 15) is 27.2 Å². The molecule has 0 aromatic heterocycles. The Hall–Kier alpha value is -7.01. The third-order valence-corrected chi connectivity index (χ3v) is 18.6. The number of hydrogen-bond donors (Lipinski definition) is 4. The van der Waals surface area contributed by atoms with E-state index in [1.807, 2.05) is 0 Å². The number of rotatable bonds is 20. The maximum atomic E-state index is 16.0. The van der Waals surface area contributed by atoms with Gasteiger partial charge in [0.15, 0.2) is 23.1 Å². The molecule has 4 amide bonds. The third kappa shape index (κ3) is 15.9. The van der Waals surface area contributed by atoms with E-state index in [0.29, 0.717) is 24.3 Å². The van der Waals surface area contributed by atoms with Crippen molar-refractivity contribution in [2.24, 2.45) is 0 Å². The summed E-state index contributed by atoms with van der Waals surface area (Å²) in [7, 11) is 1.09. The van der Waals surface area contributed by atoms with Gasteiger partial charge in [-0.3, -0.25) is 19.2 Å². The second kappa shape index (κ2) is 27.9. The lowest BCUT2D eigenvalue weighted by Crippen LogP contribution is -2.56. The Balaban J connectivity index is 0.898. The van der Waals surface area contributed by atoms with Gasteiger partial charge in [-0.15, -0.1) is 0 Å². The fourth-order valence-corrected chi connectivity index (χ4v) is 14.9. The predicted molar refractivity (Wildman–Crippen MR) is 331 cm³/mol. The smallest absolute Gasteiger partial charge is 0.407 e. The topological polar surface area (TPSA) is 263 Å². The minimum Gasteiger partial charge on any atom is -0.469 e. The predicted octanol–water partition coefficient (Wildman–Crippen LogP) is 8.82. The van der Waals surface area contributed by atoms with Crippen molar-refractivity contribution in [3.05, 3.63) is 142 Å². The lowest BCUT2D eigenvalue weighted by molar-refractivity contribution is -0.192. The van der Waals surface area contributed by atoms with Gasteiger partial charge in [-0.1, -0.05) is 24.3 Å². The molecule has 8 heterocycles. The maximum Gasteiger partial charge on any atom is 0.407 e. The molecule has 8 saturated heterocycles. The molecule has 0 aliphatic carbocycles. The van der Waals surface area contributed by atoms with E-state index in [1.54, 1.807) is 76.2 Å². The van der Waals surface area contributed by atoms with Crippen molar-refractivity contribution in [3.8, 4) is 0 Å². The van der Waals surface area contributed by atoms with Gasteiger partial charge >= 0.3 is 12.1 Å². The molecular formula is C70H80F8N4O19. The lowest BCUT2D eigenvalue weighted by atomic mass is 9.94. The number of benzene rings is 4. The molecule has 4 aromatic rings. The van der Waals surface area contributed by atoms with Crippen LogP contribution in [0.15, 0.2) is 72.8 Å². The van der Waals surface area contributed by atoms with Crippen LogP contribution in [0.1, 0.15) is 149 Å². The number of methoxy groups -OCH3 is 1. The van der Waals surface area contributed by atoms with Gasteiger partial charge < -0.3 is 87.6 Å². The van der Waals surface area contributed by atoms with Gasteiger partial charge in [0.2, 0.25) is 17.7 Å². The lowest BCUT2D eigenvalue weighted by Gasteiger charge is -2.33. The van der Waals surface area contributed by atoms with Gasteiger partial charge in [0.25, 0.3) is 0 Å². The van der Waals surface area contributed by atoms with Crippen LogP contribution < -0.4 is 21.3 Å². The van der Waals surface area contributed by atoms with Gasteiger partial charge in [-0.2, -0.15) is 0 Å². The van der Waals surface area contributed by atoms with Crippen LogP contribution in [-0.4, -0.2) is 163 Å². The van der Waals surface area contributed by atoms with Gasteiger partial charge in [-0.05, 0) is 100 Å². The van der Waals surface area contributed by atoms with E-state index in [4.69, 9.17) is 66.3 Å². The highest BCUT2D eigenvalue weighted by Crippen LogP contribution is 2.52. The molecule has 4 N–H and O–H groups in total. The molecule has 0 unspecified atom stereocenters. The molecule has 0 bridgehead atoms. The van der Waals surface area contributed by atoms with Crippen molar-refractivity contribution in [1.82, 2.24) is 21.3 Å². The summed E-state index contributed by atoms with van der Waals surface area (Å²) in [6, 6.07) is 5.03. The first-order valence-electron chi connectivity index (χ1n) is 33.1. The number of hydrogen-bond acceptors (Lipinski definition) is 19. The Bertz CT molecular complexity index is 3830. The normalized spacial score (nSPS) is 32.0. The molecule has 8 aliphatic rings. The van der Waals surface area contributed by atoms with E-state index < -0.39 is 253 Å². The van der Waals surface area contributed by atoms with Crippen LogP contribution in [0.5, 0.6) is 0 Å². The van der Waals surface area contributed by atoms with Crippen LogP contribution in [0.2, 0.25) is 0 Å². The molecule has 12 rings (SSSR count). The van der Waals surface area contributed by atoms with Crippen molar-refractivity contribution in [3.63, 3.8) is 0 Å². The van der Waals surface area contributed by atoms with Crippen molar-refractivity contribution < 1.29 is 125 Å². The number of amides is 4. The van der Waals surface area contributed by atoms with Crippen LogP contribution in [0.3, 0.4) is 0 Å². The Labute approximate surface area is 575 Å². The standard InChI is InChI=1S/C70H80F8N4O19/c1-66(2,3)101-65(87)82-43(55-63-59(95-69(8,9)99-63)51(91-55)35-19-15-31(73)23-39(35)77)27-47(85)80-41(53-61-57(93-67(4,5)97-61)49(89-53)33-17-13-29(71)21-37(33)75)25-45(83)79-42(54-62-58(94-68(6,7)98-62)50(90-54)34-18-14-30(72)22-38(34)76)26-46(84)81-44(28-48(86)88-12)56-64-60(96-70(10,11)100-64)52(92-56)36-20-16-32(74)24-40(36)78/h13-24,41-44,49-64H,25-28H2,1-12H3,(H,79,83)(H,80,85)(H,81,84)(H,82,87)/t41-,42+,43+,44-,49+,50+,51+,52+,53-,54-,55-,56-,57-,58-,59-,60-,61+,62+,63+,64+/m1/s1. The number of ether oxygens (including phenoxy) is 14. The maximum absolute atomic E-state index is 16.0. The second-order valence-corrected chi connectivity index (χ2v) is 29.2. The van der Waals surface area contributed by atoms with Crippen molar-refractivity contribution in [1.29, 1.82) is 0 Å². The Kier molecular flexibility index (Phi) is 20.4. The van der Waals surface area contributed by atoms with E-state index in [0.717, 1.165) is 55.6 Å². The fourth-order valence-electron chi connectivity index (χ4n) is 14.9. The molecule has 4 aromatic carbocycles. The second-order valence-electron chi connectivity index (χ2n) is 29.2. The summed E-state index contributed by atoms with van der Waals surface area (Å²) in [5, 5.41) is 11.2. The Morgan fingerprint density at radius 1 is 0.386 bits per heavy atom. The molecule has 20 atom stereocenters. The van der Waals surface area contributed by atoms with E-state index in [2.05, 4.69) is 21.3 Å². The van der Waals surface area contributed by atoms with Gasteiger partial charge in [-0.25, -0.2) is 39.9 Å². The largest absolute Gasteiger partial charge is 0.469 e. The van der Waals surface area contributed by atoms with Crippen molar-refractivity contribution in [2.45, 2.75) is 252 Å². The first-order chi connectivity index (χ1) is 47.3. The van der Waals surface area contributed by atoms with Gasteiger partial charge in [0.1, 0.15) is 150 Å². The molecule has 23 nitrogen and oxygen atoms in total. The number of nitrogens with one attached hydrogen (secondary N) is 4. The van der Waals surface area contributed by atoms with Crippen LogP contribution in [0.4, 0.5) is 39.9 Å². The molecule has 0 radical (unpaired) electrons. The van der Waals surface area contributed by atoms with Gasteiger partial charge in [0, 0.05) is 65.8 Å². The number of esters is 1. The number of fused-ring (bicyclic) bond motifs is 4. The zero-order valence-electron chi connectivity index (χ0n) is 57.1. The summed E-state index contributed by atoms with van der Waals surface area (Å²) in [4.78, 5) is 73.4. The summed E-state index contributed by atoms with van der Waals surface area (Å²) in [6.45, 7) is 17.2. The monoisotopic (exact) mass is 1430 g/mol. The zero-order valence-corrected chi connectivity index (χ0v) is 57.1. The molecule has 31 heteroatoms. The fraction of sp³-hybridized carbons (Fsp3) is 0.586. The van der Waals surface area contributed by atoms with Crippen LogP contribution in [0, 0.1) is 46.5 Å². The molecule has 8 fully saturated rings. The summed E-state index contributed by atoms with van der Waals surface area (Å²) in [5.74, 6) is -17.1. The Morgan fingerprint density at radius 2 is 0.624 bits per heavy atom. The molecule has 8 aliphatic heterocycles. The zero-order chi connectivity index (χ0) is 72.9.